The van der Waals surface area contributed by atoms with Gasteiger partial charge in [0.05, 0.1) is 6.61 Å². The molecule has 23 heavy (non-hydrogen) atoms. The molecule has 0 saturated carbocycles. The summed E-state index contributed by atoms with van der Waals surface area (Å²) in [4.78, 5) is 23.5. The number of ether oxygens (including phenoxy) is 2. The monoisotopic (exact) mass is 329 g/mol. The summed E-state index contributed by atoms with van der Waals surface area (Å²) in [6, 6.07) is -1.05. The van der Waals surface area contributed by atoms with Crippen molar-refractivity contribution in [1.29, 1.82) is 0 Å². The lowest BCUT2D eigenvalue weighted by Gasteiger charge is -2.28. The summed E-state index contributed by atoms with van der Waals surface area (Å²) in [5.41, 5.74) is -0.679. The van der Waals surface area contributed by atoms with E-state index >= 15 is 0 Å². The number of allylic oxidation sites excluding steroid dienone is 1. The van der Waals surface area contributed by atoms with Crippen LogP contribution in [0.25, 0.3) is 0 Å². The molecule has 1 amide bonds. The fourth-order valence-corrected chi connectivity index (χ4v) is 2.37. The number of carboxylic acid groups (broad SMARTS) is 1. The van der Waals surface area contributed by atoms with Gasteiger partial charge < -0.3 is 19.9 Å². The van der Waals surface area contributed by atoms with Gasteiger partial charge in [0.2, 0.25) is 0 Å². The van der Waals surface area contributed by atoms with Gasteiger partial charge in [-0.05, 0) is 46.0 Å². The first-order valence-electron chi connectivity index (χ1n) is 7.92. The van der Waals surface area contributed by atoms with E-state index < -0.39 is 23.7 Å². The van der Waals surface area contributed by atoms with Crippen LogP contribution >= 0.6 is 0 Å². The van der Waals surface area contributed by atoms with E-state index in [-0.39, 0.29) is 12.5 Å². The van der Waals surface area contributed by atoms with Crippen LogP contribution in [-0.2, 0) is 14.3 Å². The highest BCUT2D eigenvalue weighted by molar-refractivity contribution is 5.80. The molecule has 0 aliphatic carbocycles. The Morgan fingerprint density at radius 2 is 1.96 bits per heavy atom. The van der Waals surface area contributed by atoms with Gasteiger partial charge in [-0.25, -0.2) is 9.59 Å². The van der Waals surface area contributed by atoms with Crippen LogP contribution in [0.5, 0.6) is 0 Å². The molecule has 0 fully saturated rings. The van der Waals surface area contributed by atoms with Gasteiger partial charge in [-0.3, -0.25) is 0 Å². The molecule has 0 saturated heterocycles. The quantitative estimate of drug-likeness (QED) is 0.601. The van der Waals surface area contributed by atoms with E-state index in [1.165, 1.54) is 7.11 Å². The average molecular weight is 329 g/mol. The number of hydrogen-bond donors (Lipinski definition) is 2. The van der Waals surface area contributed by atoms with E-state index in [4.69, 9.17) is 9.47 Å². The zero-order valence-corrected chi connectivity index (χ0v) is 14.9. The molecule has 0 radical (unpaired) electrons. The lowest BCUT2D eigenvalue weighted by molar-refractivity contribution is -0.141. The van der Waals surface area contributed by atoms with Crippen molar-refractivity contribution < 1.29 is 24.2 Å². The Morgan fingerprint density at radius 3 is 2.39 bits per heavy atom. The van der Waals surface area contributed by atoms with Crippen LogP contribution in [0, 0.1) is 11.8 Å². The van der Waals surface area contributed by atoms with Crippen molar-refractivity contribution in [2.75, 3.05) is 13.7 Å². The van der Waals surface area contributed by atoms with E-state index in [1.54, 1.807) is 20.8 Å². The molecular formula is C17H31NO5. The molecule has 0 aliphatic rings. The fraction of sp³-hybridized carbons (Fsp3) is 0.765. The van der Waals surface area contributed by atoms with Gasteiger partial charge in [-0.2, -0.15) is 0 Å². The molecule has 6 heteroatoms. The molecule has 134 valence electrons. The number of methoxy groups -OCH3 is 1. The molecule has 6 nitrogen and oxygen atoms in total. The molecule has 0 aromatic heterocycles. The van der Waals surface area contributed by atoms with Gasteiger partial charge in [0, 0.05) is 13.0 Å². The molecule has 3 atom stereocenters. The van der Waals surface area contributed by atoms with Crippen molar-refractivity contribution in [3.8, 4) is 0 Å². The fourth-order valence-electron chi connectivity index (χ4n) is 2.37. The minimum absolute atomic E-state index is 0.255. The van der Waals surface area contributed by atoms with Crippen molar-refractivity contribution in [2.45, 2.75) is 58.6 Å². The van der Waals surface area contributed by atoms with E-state index in [0.29, 0.717) is 12.3 Å². The van der Waals surface area contributed by atoms with Gasteiger partial charge in [0.1, 0.15) is 11.6 Å². The van der Waals surface area contributed by atoms with Crippen LogP contribution in [0.2, 0.25) is 0 Å². The third kappa shape index (κ3) is 9.94. The van der Waals surface area contributed by atoms with Crippen molar-refractivity contribution in [3.05, 3.63) is 12.7 Å². The highest BCUT2D eigenvalue weighted by Crippen LogP contribution is 2.21. The first kappa shape index (κ1) is 21.4. The topological polar surface area (TPSA) is 84.9 Å². The number of carboxylic acids is 1. The molecular weight excluding hydrogens is 298 g/mol. The Hall–Kier alpha value is -1.56. The van der Waals surface area contributed by atoms with Crippen LogP contribution < -0.4 is 5.32 Å². The standard InChI is InChI=1S/C17H31NO5/c1-7-8-9-12(2)10-13(11-22-6)14(15(19)20)18-16(21)23-17(3,4)5/h7,12-14H,1,8-11H2,2-6H3,(H,18,21)(H,19,20). The van der Waals surface area contributed by atoms with Gasteiger partial charge in [0.15, 0.2) is 0 Å². The Labute approximate surface area is 139 Å². The summed E-state index contributed by atoms with van der Waals surface area (Å²) in [6.45, 7) is 11.2. The summed E-state index contributed by atoms with van der Waals surface area (Å²) >= 11 is 0. The molecule has 0 aromatic carbocycles. The van der Waals surface area contributed by atoms with Crippen LogP contribution in [0.15, 0.2) is 12.7 Å². The summed E-state index contributed by atoms with van der Waals surface area (Å²) < 4.78 is 10.3. The van der Waals surface area contributed by atoms with E-state index in [9.17, 15) is 14.7 Å². The molecule has 0 spiro atoms. The van der Waals surface area contributed by atoms with Crippen molar-refractivity contribution in [3.63, 3.8) is 0 Å². The average Bonchev–Trinajstić information content (AvgIpc) is 2.40. The van der Waals surface area contributed by atoms with Crippen LogP contribution in [0.4, 0.5) is 4.79 Å². The minimum atomic E-state index is -1.09. The Bertz CT molecular complexity index is 389. The number of aliphatic carboxylic acids is 1. The molecule has 0 bridgehead atoms. The SMILES string of the molecule is C=CCCC(C)CC(COC)C(NC(=O)OC(C)(C)C)C(=O)O. The lowest BCUT2D eigenvalue weighted by Crippen LogP contribution is -2.49. The number of alkyl carbamates (subject to hydrolysis) is 1. The molecule has 0 rings (SSSR count). The lowest BCUT2D eigenvalue weighted by atomic mass is 9.88. The second-order valence-corrected chi connectivity index (χ2v) is 6.88. The number of rotatable bonds is 10. The van der Waals surface area contributed by atoms with Gasteiger partial charge in [-0.15, -0.1) is 6.58 Å². The zero-order valence-electron chi connectivity index (χ0n) is 14.9. The summed E-state index contributed by atoms with van der Waals surface area (Å²) in [7, 11) is 1.52. The summed E-state index contributed by atoms with van der Waals surface area (Å²) in [6.07, 6.45) is 3.54. The number of carbonyl (C=O) groups is 2. The Balaban J connectivity index is 4.91. The van der Waals surface area contributed by atoms with Gasteiger partial charge >= 0.3 is 12.1 Å². The highest BCUT2D eigenvalue weighted by Gasteiger charge is 2.32. The number of nitrogens with one attached hydrogen (secondary N) is 1. The second-order valence-electron chi connectivity index (χ2n) is 6.88. The maximum atomic E-state index is 11.9. The van der Waals surface area contributed by atoms with Crippen LogP contribution in [0.3, 0.4) is 0 Å². The van der Waals surface area contributed by atoms with Gasteiger partial charge in [0.25, 0.3) is 0 Å². The summed E-state index contributed by atoms with van der Waals surface area (Å²) in [5, 5.41) is 11.9. The predicted octanol–water partition coefficient (Wildman–Crippen LogP) is 3.22. The van der Waals surface area contributed by atoms with Crippen LogP contribution in [0.1, 0.15) is 47.0 Å². The largest absolute Gasteiger partial charge is 0.480 e. The second kappa shape index (κ2) is 10.3. The number of amides is 1. The molecule has 0 aromatic rings. The maximum absolute atomic E-state index is 11.9. The van der Waals surface area contributed by atoms with E-state index in [0.717, 1.165) is 12.8 Å². The molecule has 3 unspecified atom stereocenters. The van der Waals surface area contributed by atoms with Crippen LogP contribution in [-0.4, -0.2) is 42.5 Å². The van der Waals surface area contributed by atoms with Crippen molar-refractivity contribution in [1.82, 2.24) is 5.32 Å². The first-order valence-corrected chi connectivity index (χ1v) is 7.92. The molecule has 2 N–H and O–H groups in total. The van der Waals surface area contributed by atoms with Gasteiger partial charge in [-0.1, -0.05) is 13.0 Å². The number of carbonyl (C=O) groups excluding carboxylic acids is 1. The zero-order chi connectivity index (χ0) is 18.0. The van der Waals surface area contributed by atoms with E-state index in [1.807, 2.05) is 6.08 Å². The Morgan fingerprint density at radius 1 is 1.35 bits per heavy atom. The number of hydrogen-bond acceptors (Lipinski definition) is 4. The smallest absolute Gasteiger partial charge is 0.408 e. The Kier molecular flexibility index (Phi) is 9.56. The third-order valence-electron chi connectivity index (χ3n) is 3.36. The van der Waals surface area contributed by atoms with Crippen molar-refractivity contribution >= 4 is 12.1 Å². The predicted molar refractivity (Wildman–Crippen MR) is 89.4 cm³/mol. The summed E-state index contributed by atoms with van der Waals surface area (Å²) in [5.74, 6) is -1.12. The normalized spacial score (nSPS) is 15.3. The maximum Gasteiger partial charge on any atom is 0.408 e. The first-order chi connectivity index (χ1) is 10.6. The third-order valence-corrected chi connectivity index (χ3v) is 3.36. The van der Waals surface area contributed by atoms with E-state index in [2.05, 4.69) is 18.8 Å². The highest BCUT2D eigenvalue weighted by atomic mass is 16.6. The minimum Gasteiger partial charge on any atom is -0.480 e. The molecule has 0 heterocycles. The molecule has 0 aliphatic heterocycles. The van der Waals surface area contributed by atoms with Crippen molar-refractivity contribution in [2.24, 2.45) is 11.8 Å².